The van der Waals surface area contributed by atoms with Crippen LogP contribution in [0.2, 0.25) is 0 Å². The first kappa shape index (κ1) is 24.0. The average Bonchev–Trinajstić information content (AvgIpc) is 3.52. The minimum absolute atomic E-state index is 0.0757. The number of aryl methyl sites for hydroxylation is 1. The summed E-state index contributed by atoms with van der Waals surface area (Å²) in [5, 5.41) is 11.7. The Labute approximate surface area is 210 Å². The number of nitrogens with zero attached hydrogens (tertiary/aromatic N) is 2. The number of likely N-dealkylation sites (tertiary alicyclic amines) is 1. The maximum Gasteiger partial charge on any atom is 0.237 e. The predicted octanol–water partition coefficient (Wildman–Crippen LogP) is 4.85. The van der Waals surface area contributed by atoms with Crippen LogP contribution in [0.15, 0.2) is 11.2 Å². The molecular formula is C27H36N6OS. The standard InChI is InChI=1S/C27H36N6OS/c1-14(2)21-22-17(5)24(18-7-10-33(11-8-18)20-6-9-29-26(20)34)35-27(22)32-23(21)19-12-30-25(31-13-28)16(4)15(19)3/h12-14,18,20,32H,6-11H2,1-5H3,(H,29,34)(H2,28,30,31). The summed E-state index contributed by atoms with van der Waals surface area (Å²) in [7, 11) is 0. The number of carbonyl (C=O) groups is 1. The maximum atomic E-state index is 12.1. The molecule has 5 heterocycles. The van der Waals surface area contributed by atoms with Crippen molar-refractivity contribution in [2.45, 2.75) is 71.8 Å². The van der Waals surface area contributed by atoms with E-state index in [0.717, 1.165) is 56.3 Å². The highest BCUT2D eigenvalue weighted by atomic mass is 32.1. The summed E-state index contributed by atoms with van der Waals surface area (Å²) >= 11 is 1.92. The van der Waals surface area contributed by atoms with E-state index < -0.39 is 0 Å². The van der Waals surface area contributed by atoms with Crippen LogP contribution in [-0.4, -0.2) is 52.8 Å². The monoisotopic (exact) mass is 492 g/mol. The molecule has 2 aliphatic heterocycles. The summed E-state index contributed by atoms with van der Waals surface area (Å²) in [5.41, 5.74) is 8.15. The van der Waals surface area contributed by atoms with Crippen molar-refractivity contribution in [2.75, 3.05) is 19.6 Å². The zero-order chi connectivity index (χ0) is 24.9. The fourth-order valence-corrected chi connectivity index (χ4v) is 7.42. The smallest absolute Gasteiger partial charge is 0.237 e. The molecule has 186 valence electrons. The van der Waals surface area contributed by atoms with Crippen molar-refractivity contribution < 1.29 is 4.79 Å². The van der Waals surface area contributed by atoms with Crippen molar-refractivity contribution in [1.82, 2.24) is 20.2 Å². The van der Waals surface area contributed by atoms with Gasteiger partial charge in [0.1, 0.15) is 16.7 Å². The Hall–Kier alpha value is -2.71. The molecular weight excluding hydrogens is 456 g/mol. The van der Waals surface area contributed by atoms with E-state index in [4.69, 9.17) is 5.41 Å². The molecule has 0 bridgehead atoms. The molecule has 1 unspecified atom stereocenters. The van der Waals surface area contributed by atoms with E-state index in [1.165, 1.54) is 43.0 Å². The molecule has 5 rings (SSSR count). The highest BCUT2D eigenvalue weighted by molar-refractivity contribution is 7.19. The maximum absolute atomic E-state index is 12.1. The Morgan fingerprint density at radius 3 is 2.51 bits per heavy atom. The van der Waals surface area contributed by atoms with E-state index in [-0.39, 0.29) is 11.9 Å². The van der Waals surface area contributed by atoms with Gasteiger partial charge in [-0.05, 0) is 87.2 Å². The Morgan fingerprint density at radius 2 is 1.89 bits per heavy atom. The summed E-state index contributed by atoms with van der Waals surface area (Å²) in [6, 6.07) is 0.0757. The topological polar surface area (TPSA) is 100 Å². The van der Waals surface area contributed by atoms with Crippen molar-refractivity contribution in [3.8, 4) is 11.3 Å². The van der Waals surface area contributed by atoms with Gasteiger partial charge in [0, 0.05) is 28.6 Å². The SMILES string of the molecule is Cc1c(-c2[nH]c3sc(C4CCN(C5CCNC5=O)CC4)c(C)c3c2C(C)C)c[nH]/c(=N\C=N)c1C. The number of thiophene rings is 1. The number of nitrogens with one attached hydrogen (secondary N) is 4. The van der Waals surface area contributed by atoms with E-state index in [1.54, 1.807) is 0 Å². The van der Waals surface area contributed by atoms with Gasteiger partial charge in [0.15, 0.2) is 0 Å². The second-order valence-electron chi connectivity index (χ2n) is 10.3. The number of rotatable bonds is 5. The number of hydrogen-bond acceptors (Lipinski definition) is 4. The van der Waals surface area contributed by atoms with Crippen molar-refractivity contribution in [3.05, 3.63) is 38.8 Å². The van der Waals surface area contributed by atoms with Gasteiger partial charge in [-0.25, -0.2) is 4.99 Å². The lowest BCUT2D eigenvalue weighted by Gasteiger charge is -2.34. The first-order valence-corrected chi connectivity index (χ1v) is 13.5. The van der Waals surface area contributed by atoms with Crippen molar-refractivity contribution >= 4 is 33.8 Å². The van der Waals surface area contributed by atoms with Gasteiger partial charge in [-0.2, -0.15) is 0 Å². The molecule has 0 aromatic carbocycles. The summed E-state index contributed by atoms with van der Waals surface area (Å²) in [4.78, 5) is 28.5. The van der Waals surface area contributed by atoms with Crippen LogP contribution in [0.25, 0.3) is 21.5 Å². The minimum atomic E-state index is 0.0757. The number of amides is 1. The normalized spacial score (nSPS) is 20.3. The fraction of sp³-hybridized carbons (Fsp3) is 0.519. The quantitative estimate of drug-likeness (QED) is 0.302. The van der Waals surface area contributed by atoms with Crippen molar-refractivity contribution in [2.24, 2.45) is 4.99 Å². The van der Waals surface area contributed by atoms with Gasteiger partial charge in [-0.3, -0.25) is 15.1 Å². The van der Waals surface area contributed by atoms with Gasteiger partial charge in [0.05, 0.1) is 11.7 Å². The lowest BCUT2D eigenvalue weighted by atomic mass is 9.89. The zero-order valence-corrected chi connectivity index (χ0v) is 22.2. The van der Waals surface area contributed by atoms with E-state index in [2.05, 4.69) is 59.8 Å². The molecule has 3 aromatic rings. The molecule has 35 heavy (non-hydrogen) atoms. The molecule has 1 amide bonds. The molecule has 2 aliphatic rings. The van der Waals surface area contributed by atoms with Crippen LogP contribution < -0.4 is 10.8 Å². The average molecular weight is 493 g/mol. The van der Waals surface area contributed by atoms with Crippen LogP contribution >= 0.6 is 11.3 Å². The van der Waals surface area contributed by atoms with E-state index in [9.17, 15) is 4.79 Å². The fourth-order valence-electron chi connectivity index (χ4n) is 6.03. The van der Waals surface area contributed by atoms with Gasteiger partial charge >= 0.3 is 0 Å². The summed E-state index contributed by atoms with van der Waals surface area (Å²) in [5.74, 6) is 1.15. The minimum Gasteiger partial charge on any atom is -0.355 e. The number of piperidine rings is 1. The molecule has 0 saturated carbocycles. The molecule has 3 aromatic heterocycles. The Balaban J connectivity index is 1.49. The first-order valence-electron chi connectivity index (χ1n) is 12.7. The number of fused-ring (bicyclic) bond motifs is 1. The molecule has 4 N–H and O–H groups in total. The second kappa shape index (κ2) is 9.39. The van der Waals surface area contributed by atoms with Gasteiger partial charge in [0.25, 0.3) is 0 Å². The Morgan fingerprint density at radius 1 is 1.14 bits per heavy atom. The van der Waals surface area contributed by atoms with Crippen LogP contribution in [0.4, 0.5) is 0 Å². The van der Waals surface area contributed by atoms with Crippen molar-refractivity contribution in [1.29, 1.82) is 5.41 Å². The summed E-state index contributed by atoms with van der Waals surface area (Å²) in [6.45, 7) is 13.9. The van der Waals surface area contributed by atoms with E-state index in [1.807, 2.05) is 17.5 Å². The van der Waals surface area contributed by atoms with Gasteiger partial charge in [-0.1, -0.05) is 13.8 Å². The third kappa shape index (κ3) is 4.06. The molecule has 0 spiro atoms. The van der Waals surface area contributed by atoms with Crippen LogP contribution in [-0.2, 0) is 4.79 Å². The third-order valence-electron chi connectivity index (χ3n) is 8.04. The second-order valence-corrected chi connectivity index (χ2v) is 11.4. The highest BCUT2D eigenvalue weighted by Gasteiger charge is 2.34. The first-order chi connectivity index (χ1) is 16.8. The van der Waals surface area contributed by atoms with Crippen LogP contribution in [0.5, 0.6) is 0 Å². The number of aromatic nitrogens is 2. The lowest BCUT2D eigenvalue weighted by molar-refractivity contribution is -0.124. The van der Waals surface area contributed by atoms with E-state index >= 15 is 0 Å². The number of aromatic amines is 2. The number of H-pyrrole nitrogens is 2. The molecule has 0 radical (unpaired) electrons. The molecule has 2 fully saturated rings. The lowest BCUT2D eigenvalue weighted by Crippen LogP contribution is -2.44. The summed E-state index contributed by atoms with van der Waals surface area (Å²) < 4.78 is 0. The molecule has 8 heteroatoms. The number of hydrogen-bond donors (Lipinski definition) is 4. The van der Waals surface area contributed by atoms with Gasteiger partial charge in [0.2, 0.25) is 5.91 Å². The van der Waals surface area contributed by atoms with Gasteiger partial charge < -0.3 is 15.3 Å². The molecule has 1 atom stereocenters. The zero-order valence-electron chi connectivity index (χ0n) is 21.3. The molecule has 7 nitrogen and oxygen atoms in total. The Bertz CT molecular complexity index is 1350. The molecule has 2 saturated heterocycles. The summed E-state index contributed by atoms with van der Waals surface area (Å²) in [6.07, 6.45) is 6.28. The van der Waals surface area contributed by atoms with Crippen molar-refractivity contribution in [3.63, 3.8) is 0 Å². The van der Waals surface area contributed by atoms with Crippen LogP contribution in [0.3, 0.4) is 0 Å². The molecule has 0 aliphatic carbocycles. The van der Waals surface area contributed by atoms with Crippen LogP contribution in [0, 0.1) is 26.2 Å². The highest BCUT2D eigenvalue weighted by Crippen LogP contribution is 2.46. The van der Waals surface area contributed by atoms with E-state index in [0.29, 0.717) is 11.8 Å². The third-order valence-corrected chi connectivity index (χ3v) is 9.41. The predicted molar refractivity (Wildman–Crippen MR) is 144 cm³/mol. The number of carbonyl (C=O) groups excluding carboxylic acids is 1. The Kier molecular flexibility index (Phi) is 6.44. The van der Waals surface area contributed by atoms with Crippen LogP contribution in [0.1, 0.15) is 72.1 Å². The number of pyridine rings is 1. The largest absolute Gasteiger partial charge is 0.355 e. The van der Waals surface area contributed by atoms with Gasteiger partial charge in [-0.15, -0.1) is 11.3 Å².